The Labute approximate surface area is 137 Å². The van der Waals surface area contributed by atoms with E-state index in [1.54, 1.807) is 25.3 Å². The molecule has 0 saturated heterocycles. The van der Waals surface area contributed by atoms with Gasteiger partial charge >= 0.3 is 0 Å². The summed E-state index contributed by atoms with van der Waals surface area (Å²) >= 11 is 6.00. The van der Waals surface area contributed by atoms with Crippen LogP contribution in [0.1, 0.15) is 11.7 Å². The summed E-state index contributed by atoms with van der Waals surface area (Å²) in [6.45, 7) is 0. The quantitative estimate of drug-likeness (QED) is 0.880. The molecular weight excluding hydrogens is 316 g/mol. The van der Waals surface area contributed by atoms with Gasteiger partial charge in [0.05, 0.1) is 18.5 Å². The Morgan fingerprint density at radius 1 is 1.13 bits per heavy atom. The number of hydrogen-bond donors (Lipinski definition) is 2. The van der Waals surface area contributed by atoms with E-state index in [2.05, 4.69) is 10.6 Å². The Bertz CT molecular complexity index is 847. The first kappa shape index (κ1) is 14.0. The Morgan fingerprint density at radius 2 is 1.96 bits per heavy atom. The van der Waals surface area contributed by atoms with E-state index in [9.17, 15) is 4.79 Å². The van der Waals surface area contributed by atoms with Crippen molar-refractivity contribution in [3.05, 3.63) is 64.6 Å². The Balaban J connectivity index is 1.68. The molecule has 0 aromatic heterocycles. The van der Waals surface area contributed by atoms with Crippen LogP contribution >= 0.6 is 11.6 Å². The van der Waals surface area contributed by atoms with E-state index in [1.807, 2.05) is 24.3 Å². The molecule has 5 nitrogen and oxygen atoms in total. The van der Waals surface area contributed by atoms with Gasteiger partial charge in [0.1, 0.15) is 11.4 Å². The standard InChI is InChI=1S/C17H13ClN2O3/c1-22-13-5-3-2-4-10(13)16-15(21)14-17(23-16)20-12-8-9(18)6-7-11(12)19-14/h2-8,16,19-20H,1H3/t16-/m0/s1. The number of ether oxygens (including phenoxy) is 2. The molecule has 0 radical (unpaired) electrons. The summed E-state index contributed by atoms with van der Waals surface area (Å²) in [4.78, 5) is 12.7. The van der Waals surface area contributed by atoms with Gasteiger partial charge in [-0.25, -0.2) is 0 Å². The summed E-state index contributed by atoms with van der Waals surface area (Å²) in [6.07, 6.45) is -0.735. The van der Waals surface area contributed by atoms with Gasteiger partial charge in [-0.2, -0.15) is 0 Å². The SMILES string of the molecule is COc1ccccc1[C@@H]1OC2=C(Nc3ccc(Cl)cc3N2)C1=O. The van der Waals surface area contributed by atoms with Crippen LogP contribution in [0.5, 0.6) is 5.75 Å². The summed E-state index contributed by atoms with van der Waals surface area (Å²) in [5.41, 5.74) is 2.66. The van der Waals surface area contributed by atoms with Crippen molar-refractivity contribution in [1.82, 2.24) is 0 Å². The van der Waals surface area contributed by atoms with E-state index in [-0.39, 0.29) is 5.78 Å². The fraction of sp³-hybridized carbons (Fsp3) is 0.118. The third-order valence-electron chi connectivity index (χ3n) is 3.86. The molecule has 0 bridgehead atoms. The number of hydrogen-bond acceptors (Lipinski definition) is 5. The molecule has 2 heterocycles. The third-order valence-corrected chi connectivity index (χ3v) is 4.09. The van der Waals surface area contributed by atoms with Gasteiger partial charge in [-0.1, -0.05) is 29.8 Å². The van der Waals surface area contributed by atoms with Gasteiger partial charge in [0, 0.05) is 10.6 Å². The second kappa shape index (κ2) is 5.21. The molecule has 6 heteroatoms. The maximum atomic E-state index is 12.7. The molecule has 0 amide bonds. The van der Waals surface area contributed by atoms with Crippen molar-refractivity contribution in [3.63, 3.8) is 0 Å². The number of ketones is 1. The third kappa shape index (κ3) is 2.21. The minimum absolute atomic E-state index is 0.141. The topological polar surface area (TPSA) is 59.6 Å². The zero-order valence-electron chi connectivity index (χ0n) is 12.2. The molecule has 2 aliphatic rings. The van der Waals surface area contributed by atoms with Gasteiger partial charge in [0.2, 0.25) is 11.7 Å². The van der Waals surface area contributed by atoms with Crippen LogP contribution in [-0.4, -0.2) is 12.9 Å². The van der Waals surface area contributed by atoms with Crippen molar-refractivity contribution < 1.29 is 14.3 Å². The van der Waals surface area contributed by atoms with Gasteiger partial charge in [-0.05, 0) is 24.3 Å². The van der Waals surface area contributed by atoms with Crippen LogP contribution < -0.4 is 15.4 Å². The number of nitrogens with one attached hydrogen (secondary N) is 2. The molecule has 2 aromatic carbocycles. The number of benzene rings is 2. The number of halogens is 1. The lowest BCUT2D eigenvalue weighted by atomic mass is 10.0. The molecule has 2 N–H and O–H groups in total. The second-order valence-electron chi connectivity index (χ2n) is 5.25. The Morgan fingerprint density at radius 3 is 2.78 bits per heavy atom. The zero-order chi connectivity index (χ0) is 16.0. The predicted molar refractivity (Wildman–Crippen MR) is 87.6 cm³/mol. The summed E-state index contributed by atoms with van der Waals surface area (Å²) in [7, 11) is 1.57. The van der Waals surface area contributed by atoms with Crippen molar-refractivity contribution in [2.24, 2.45) is 0 Å². The van der Waals surface area contributed by atoms with Crippen LogP contribution in [0, 0.1) is 0 Å². The van der Waals surface area contributed by atoms with Crippen LogP contribution in [0.25, 0.3) is 0 Å². The average Bonchev–Trinajstić information content (AvgIpc) is 2.89. The molecule has 0 saturated carbocycles. The first-order chi connectivity index (χ1) is 11.2. The van der Waals surface area contributed by atoms with Crippen LogP contribution in [0.3, 0.4) is 0 Å². The number of rotatable bonds is 2. The van der Waals surface area contributed by atoms with E-state index in [4.69, 9.17) is 21.1 Å². The van der Waals surface area contributed by atoms with Crippen LogP contribution in [-0.2, 0) is 9.53 Å². The number of methoxy groups -OCH3 is 1. The summed E-state index contributed by atoms with van der Waals surface area (Å²) in [5, 5.41) is 6.84. The summed E-state index contributed by atoms with van der Waals surface area (Å²) in [6, 6.07) is 12.7. The highest BCUT2D eigenvalue weighted by Crippen LogP contribution is 2.42. The van der Waals surface area contributed by atoms with E-state index in [0.717, 1.165) is 11.4 Å². The number of para-hydroxylation sites is 1. The van der Waals surface area contributed by atoms with E-state index < -0.39 is 6.10 Å². The van der Waals surface area contributed by atoms with Crippen LogP contribution in [0.2, 0.25) is 5.02 Å². The molecule has 2 aromatic rings. The minimum atomic E-state index is -0.735. The van der Waals surface area contributed by atoms with Gasteiger partial charge < -0.3 is 20.1 Å². The molecule has 0 fully saturated rings. The molecule has 2 aliphatic heterocycles. The molecule has 1 atom stereocenters. The second-order valence-corrected chi connectivity index (χ2v) is 5.68. The average molecular weight is 329 g/mol. The van der Waals surface area contributed by atoms with Gasteiger partial charge in [-0.3, -0.25) is 4.79 Å². The van der Waals surface area contributed by atoms with Crippen molar-refractivity contribution in [3.8, 4) is 5.75 Å². The molecular formula is C17H13ClN2O3. The Hall–Kier alpha value is -2.66. The zero-order valence-corrected chi connectivity index (χ0v) is 13.0. The predicted octanol–water partition coefficient (Wildman–Crippen LogP) is 3.70. The fourth-order valence-electron chi connectivity index (χ4n) is 2.76. The van der Waals surface area contributed by atoms with E-state index in [0.29, 0.717) is 27.9 Å². The number of carbonyl (C=O) groups excluding carboxylic acids is 1. The number of anilines is 2. The number of fused-ring (bicyclic) bond motifs is 1. The smallest absolute Gasteiger partial charge is 0.229 e. The first-order valence-corrected chi connectivity index (χ1v) is 7.47. The van der Waals surface area contributed by atoms with Gasteiger partial charge in [-0.15, -0.1) is 0 Å². The molecule has 23 heavy (non-hydrogen) atoms. The highest BCUT2D eigenvalue weighted by atomic mass is 35.5. The lowest BCUT2D eigenvalue weighted by Crippen LogP contribution is -2.18. The summed E-state index contributed by atoms with van der Waals surface area (Å²) < 4.78 is 11.2. The van der Waals surface area contributed by atoms with Crippen LogP contribution in [0.4, 0.5) is 11.4 Å². The Kier molecular flexibility index (Phi) is 3.16. The van der Waals surface area contributed by atoms with Crippen molar-refractivity contribution in [2.75, 3.05) is 17.7 Å². The molecule has 0 aliphatic carbocycles. The first-order valence-electron chi connectivity index (χ1n) is 7.09. The fourth-order valence-corrected chi connectivity index (χ4v) is 2.93. The van der Waals surface area contributed by atoms with Crippen molar-refractivity contribution in [1.29, 1.82) is 0 Å². The normalized spacial score (nSPS) is 18.5. The van der Waals surface area contributed by atoms with Gasteiger partial charge in [0.15, 0.2) is 6.10 Å². The number of Topliss-reactive ketones (excluding diaryl/α,β-unsaturated/α-hetero) is 1. The highest BCUT2D eigenvalue weighted by molar-refractivity contribution is 6.31. The van der Waals surface area contributed by atoms with E-state index in [1.165, 1.54) is 0 Å². The lowest BCUT2D eigenvalue weighted by molar-refractivity contribution is -0.121. The van der Waals surface area contributed by atoms with Gasteiger partial charge in [0.25, 0.3) is 0 Å². The molecule has 0 spiro atoms. The summed E-state index contributed by atoms with van der Waals surface area (Å²) in [5.74, 6) is 0.879. The van der Waals surface area contributed by atoms with Crippen molar-refractivity contribution >= 4 is 28.8 Å². The monoisotopic (exact) mass is 328 g/mol. The largest absolute Gasteiger partial charge is 0.496 e. The number of carbonyl (C=O) groups is 1. The highest BCUT2D eigenvalue weighted by Gasteiger charge is 2.40. The van der Waals surface area contributed by atoms with Crippen molar-refractivity contribution in [2.45, 2.75) is 6.10 Å². The van der Waals surface area contributed by atoms with E-state index >= 15 is 0 Å². The maximum absolute atomic E-state index is 12.7. The minimum Gasteiger partial charge on any atom is -0.496 e. The molecule has 116 valence electrons. The maximum Gasteiger partial charge on any atom is 0.229 e. The lowest BCUT2D eigenvalue weighted by Gasteiger charge is -2.20. The molecule has 0 unspecified atom stereocenters. The molecule has 4 rings (SSSR count). The van der Waals surface area contributed by atoms with Crippen LogP contribution in [0.15, 0.2) is 54.0 Å².